The third-order valence-corrected chi connectivity index (χ3v) is 3.18. The van der Waals surface area contributed by atoms with Gasteiger partial charge in [0.15, 0.2) is 5.96 Å². The van der Waals surface area contributed by atoms with Crippen LogP contribution in [0.15, 0.2) is 4.99 Å². The summed E-state index contributed by atoms with van der Waals surface area (Å²) in [6.45, 7) is 13.3. The predicted molar refractivity (Wildman–Crippen MR) is 94.5 cm³/mol. The maximum atomic E-state index is 4.25. The summed E-state index contributed by atoms with van der Waals surface area (Å²) in [6.07, 6.45) is 2.73. The number of guanidine groups is 1. The van der Waals surface area contributed by atoms with Crippen molar-refractivity contribution in [1.82, 2.24) is 15.5 Å². The van der Waals surface area contributed by atoms with Crippen molar-refractivity contribution in [2.75, 3.05) is 33.2 Å². The molecule has 4 nitrogen and oxygen atoms in total. The highest BCUT2D eigenvalue weighted by Crippen LogP contribution is 2.14. The van der Waals surface area contributed by atoms with E-state index in [1.807, 2.05) is 7.05 Å². The van der Waals surface area contributed by atoms with Crippen molar-refractivity contribution < 1.29 is 0 Å². The van der Waals surface area contributed by atoms with Crippen LogP contribution in [0.4, 0.5) is 0 Å². The fourth-order valence-corrected chi connectivity index (χ4v) is 2.36. The zero-order valence-corrected chi connectivity index (χ0v) is 15.5. The SMILES string of the molecule is CN=C(NCCN1CCCC(C)C1)NC(C)(C)C.I. The van der Waals surface area contributed by atoms with Crippen LogP contribution in [0.1, 0.15) is 40.5 Å². The molecule has 0 saturated carbocycles. The summed E-state index contributed by atoms with van der Waals surface area (Å²) in [4.78, 5) is 6.79. The Labute approximate surface area is 135 Å². The lowest BCUT2D eigenvalue weighted by atomic mass is 10.0. The van der Waals surface area contributed by atoms with Gasteiger partial charge in [-0.05, 0) is 46.1 Å². The van der Waals surface area contributed by atoms with Crippen molar-refractivity contribution in [1.29, 1.82) is 0 Å². The maximum absolute atomic E-state index is 4.25. The van der Waals surface area contributed by atoms with Crippen LogP contribution in [-0.4, -0.2) is 49.6 Å². The number of nitrogens with one attached hydrogen (secondary N) is 2. The fraction of sp³-hybridized carbons (Fsp3) is 0.929. The Morgan fingerprint density at radius 2 is 2.05 bits per heavy atom. The van der Waals surface area contributed by atoms with E-state index >= 15 is 0 Å². The zero-order chi connectivity index (χ0) is 13.6. The van der Waals surface area contributed by atoms with Gasteiger partial charge in [-0.3, -0.25) is 4.99 Å². The molecule has 1 unspecified atom stereocenters. The summed E-state index contributed by atoms with van der Waals surface area (Å²) >= 11 is 0. The smallest absolute Gasteiger partial charge is 0.191 e. The molecule has 1 fully saturated rings. The van der Waals surface area contributed by atoms with E-state index in [2.05, 4.69) is 48.2 Å². The molecule has 0 bridgehead atoms. The lowest BCUT2D eigenvalue weighted by molar-refractivity contribution is 0.186. The van der Waals surface area contributed by atoms with Crippen molar-refractivity contribution in [3.63, 3.8) is 0 Å². The molecule has 2 N–H and O–H groups in total. The van der Waals surface area contributed by atoms with Crippen LogP contribution < -0.4 is 10.6 Å². The topological polar surface area (TPSA) is 39.7 Å². The molecule has 0 aliphatic carbocycles. The minimum atomic E-state index is 0. The molecule has 0 radical (unpaired) electrons. The first kappa shape index (κ1) is 19.0. The highest BCUT2D eigenvalue weighted by molar-refractivity contribution is 14.0. The number of hydrogen-bond donors (Lipinski definition) is 2. The highest BCUT2D eigenvalue weighted by atomic mass is 127. The van der Waals surface area contributed by atoms with Crippen molar-refractivity contribution in [3.8, 4) is 0 Å². The van der Waals surface area contributed by atoms with Crippen LogP contribution in [0.2, 0.25) is 0 Å². The number of rotatable bonds is 3. The highest BCUT2D eigenvalue weighted by Gasteiger charge is 2.16. The minimum absolute atomic E-state index is 0. The first-order valence-electron chi connectivity index (χ1n) is 7.12. The van der Waals surface area contributed by atoms with Crippen LogP contribution in [0.5, 0.6) is 0 Å². The Hall–Kier alpha value is -0.0400. The van der Waals surface area contributed by atoms with Crippen molar-refractivity contribution in [2.24, 2.45) is 10.9 Å². The van der Waals surface area contributed by atoms with E-state index in [0.717, 1.165) is 25.0 Å². The molecule has 0 aromatic carbocycles. The Morgan fingerprint density at radius 3 is 2.58 bits per heavy atom. The summed E-state index contributed by atoms with van der Waals surface area (Å²) in [5.41, 5.74) is 0.0570. The van der Waals surface area contributed by atoms with Crippen LogP contribution in [0.3, 0.4) is 0 Å². The number of hydrogen-bond acceptors (Lipinski definition) is 2. The average molecular weight is 382 g/mol. The number of piperidine rings is 1. The molecule has 0 aromatic rings. The van der Waals surface area contributed by atoms with Gasteiger partial charge in [-0.25, -0.2) is 0 Å². The molecular formula is C14H31IN4. The molecule has 19 heavy (non-hydrogen) atoms. The lowest BCUT2D eigenvalue weighted by Crippen LogP contribution is -2.49. The van der Waals surface area contributed by atoms with Gasteiger partial charge in [0.2, 0.25) is 0 Å². The van der Waals surface area contributed by atoms with Gasteiger partial charge in [0.05, 0.1) is 0 Å². The zero-order valence-electron chi connectivity index (χ0n) is 13.1. The Bertz CT molecular complexity index is 273. The quantitative estimate of drug-likeness (QED) is 0.447. The van der Waals surface area contributed by atoms with E-state index in [1.165, 1.54) is 25.9 Å². The lowest BCUT2D eigenvalue weighted by Gasteiger charge is -2.31. The summed E-state index contributed by atoms with van der Waals surface area (Å²) in [5.74, 6) is 1.75. The van der Waals surface area contributed by atoms with Gasteiger partial charge in [0.25, 0.3) is 0 Å². The molecule has 0 amide bonds. The molecule has 1 aliphatic rings. The molecule has 1 saturated heterocycles. The largest absolute Gasteiger partial charge is 0.355 e. The van der Waals surface area contributed by atoms with Gasteiger partial charge < -0.3 is 15.5 Å². The monoisotopic (exact) mass is 382 g/mol. The average Bonchev–Trinajstić information content (AvgIpc) is 2.26. The van der Waals surface area contributed by atoms with Crippen molar-refractivity contribution in [2.45, 2.75) is 46.1 Å². The van der Waals surface area contributed by atoms with Crippen molar-refractivity contribution in [3.05, 3.63) is 0 Å². The second kappa shape index (κ2) is 9.00. The summed E-state index contributed by atoms with van der Waals surface area (Å²) in [6, 6.07) is 0. The molecular weight excluding hydrogens is 351 g/mol. The molecule has 1 heterocycles. The summed E-state index contributed by atoms with van der Waals surface area (Å²) in [5, 5.41) is 6.76. The molecule has 114 valence electrons. The van der Waals surface area contributed by atoms with E-state index in [1.54, 1.807) is 0 Å². The number of likely N-dealkylation sites (tertiary alicyclic amines) is 1. The number of halogens is 1. The number of aliphatic imine (C=N–C) groups is 1. The molecule has 1 rings (SSSR count). The Balaban J connectivity index is 0.00000324. The van der Waals surface area contributed by atoms with E-state index in [4.69, 9.17) is 0 Å². The summed E-state index contributed by atoms with van der Waals surface area (Å²) < 4.78 is 0. The predicted octanol–water partition coefficient (Wildman–Crippen LogP) is 2.30. The summed E-state index contributed by atoms with van der Waals surface area (Å²) in [7, 11) is 1.82. The van der Waals surface area contributed by atoms with Gasteiger partial charge in [-0.15, -0.1) is 24.0 Å². The van der Waals surface area contributed by atoms with E-state index in [0.29, 0.717) is 0 Å². The first-order valence-corrected chi connectivity index (χ1v) is 7.12. The van der Waals surface area contributed by atoms with Gasteiger partial charge in [-0.1, -0.05) is 6.92 Å². The van der Waals surface area contributed by atoms with Crippen LogP contribution in [-0.2, 0) is 0 Å². The van der Waals surface area contributed by atoms with E-state index in [9.17, 15) is 0 Å². The molecule has 5 heteroatoms. The van der Waals surface area contributed by atoms with Crippen molar-refractivity contribution >= 4 is 29.9 Å². The minimum Gasteiger partial charge on any atom is -0.355 e. The van der Waals surface area contributed by atoms with Gasteiger partial charge in [0, 0.05) is 32.2 Å². The molecule has 1 atom stereocenters. The number of nitrogens with zero attached hydrogens (tertiary/aromatic N) is 2. The Kier molecular flexibility index (Phi) is 8.98. The second-order valence-corrected chi connectivity index (χ2v) is 6.42. The first-order chi connectivity index (χ1) is 8.40. The standard InChI is InChI=1S/C14H30N4.HI/c1-12-7-6-9-18(11-12)10-8-16-13(15-5)17-14(2,3)4;/h12H,6-11H2,1-5H3,(H2,15,16,17);1H. The second-order valence-electron chi connectivity index (χ2n) is 6.42. The van der Waals surface area contributed by atoms with Gasteiger partial charge in [-0.2, -0.15) is 0 Å². The van der Waals surface area contributed by atoms with E-state index < -0.39 is 0 Å². The maximum Gasteiger partial charge on any atom is 0.191 e. The molecule has 0 spiro atoms. The van der Waals surface area contributed by atoms with Gasteiger partial charge in [0.1, 0.15) is 0 Å². The van der Waals surface area contributed by atoms with Crippen LogP contribution >= 0.6 is 24.0 Å². The van der Waals surface area contributed by atoms with Gasteiger partial charge >= 0.3 is 0 Å². The van der Waals surface area contributed by atoms with E-state index in [-0.39, 0.29) is 29.5 Å². The van der Waals surface area contributed by atoms with Crippen LogP contribution in [0.25, 0.3) is 0 Å². The molecule has 1 aliphatic heterocycles. The Morgan fingerprint density at radius 1 is 1.37 bits per heavy atom. The normalized spacial score (nSPS) is 21.7. The fourth-order valence-electron chi connectivity index (χ4n) is 2.36. The molecule has 0 aromatic heterocycles. The third-order valence-electron chi connectivity index (χ3n) is 3.18. The van der Waals surface area contributed by atoms with Crippen LogP contribution in [0, 0.1) is 5.92 Å². The third kappa shape index (κ3) is 8.68.